The molecule has 0 radical (unpaired) electrons. The molecule has 0 aromatic carbocycles. The van der Waals surface area contributed by atoms with E-state index in [0.717, 1.165) is 19.3 Å². The third kappa shape index (κ3) is 11.0. The van der Waals surface area contributed by atoms with Crippen molar-refractivity contribution in [3.05, 3.63) is 11.6 Å². The minimum absolute atomic E-state index is 0.0169. The molecule has 0 amide bonds. The Morgan fingerprint density at radius 3 is 1.73 bits per heavy atom. The first-order valence-electron chi connectivity index (χ1n) is 28.4. The van der Waals surface area contributed by atoms with E-state index in [1.54, 1.807) is 20.8 Å². The van der Waals surface area contributed by atoms with Crippen LogP contribution in [0.15, 0.2) is 11.6 Å². The van der Waals surface area contributed by atoms with Crippen LogP contribution in [0.25, 0.3) is 0 Å². The highest BCUT2D eigenvalue weighted by atomic mass is 16.8. The van der Waals surface area contributed by atoms with Crippen molar-refractivity contribution in [3.63, 3.8) is 0 Å². The van der Waals surface area contributed by atoms with Gasteiger partial charge in [-0.2, -0.15) is 0 Å². The van der Waals surface area contributed by atoms with Crippen LogP contribution in [0.1, 0.15) is 114 Å². The minimum atomic E-state index is -1.91. The van der Waals surface area contributed by atoms with Crippen LogP contribution < -0.4 is 0 Å². The van der Waals surface area contributed by atoms with Gasteiger partial charge in [0.2, 0.25) is 0 Å². The Hall–Kier alpha value is -1.18. The number of allylic oxidation sites excluding steroid dienone is 1. The molecule has 452 valence electrons. The van der Waals surface area contributed by atoms with E-state index in [1.165, 1.54) is 5.57 Å². The third-order valence-corrected chi connectivity index (χ3v) is 21.2. The van der Waals surface area contributed by atoms with Crippen molar-refractivity contribution in [1.29, 1.82) is 0 Å². The average Bonchev–Trinajstić information content (AvgIpc) is 3.37. The summed E-state index contributed by atoms with van der Waals surface area (Å²) in [6.45, 7) is 15.5. The number of rotatable bonds is 17. The summed E-state index contributed by atoms with van der Waals surface area (Å²) in [7, 11) is 0. The van der Waals surface area contributed by atoms with Gasteiger partial charge in [0, 0.05) is 16.7 Å². The molecule has 4 heterocycles. The van der Waals surface area contributed by atoms with Crippen LogP contribution in [-0.2, 0) is 37.9 Å². The number of hydrogen-bond acceptors (Lipinski definition) is 23. The number of hydrogen-bond donors (Lipinski definition) is 15. The fourth-order valence-electron chi connectivity index (χ4n) is 15.8. The molecule has 23 heteroatoms. The molecule has 0 aromatic heterocycles. The van der Waals surface area contributed by atoms with E-state index in [-0.39, 0.29) is 40.9 Å². The van der Waals surface area contributed by atoms with Gasteiger partial charge in [0.15, 0.2) is 25.2 Å². The number of aliphatic hydroxyl groups is 15. The Morgan fingerprint density at radius 1 is 0.615 bits per heavy atom. The molecule has 4 aliphatic carbocycles. The summed E-state index contributed by atoms with van der Waals surface area (Å²) < 4.78 is 48.2. The van der Waals surface area contributed by atoms with Crippen LogP contribution in [0.4, 0.5) is 0 Å². The van der Waals surface area contributed by atoms with Crippen molar-refractivity contribution < 1.29 is 114 Å². The van der Waals surface area contributed by atoms with Gasteiger partial charge in [-0.15, -0.1) is 0 Å². The standard InChI is InChI=1S/C55H94O23/c1-23(25-16-17-53(7)32-13-11-26-27(55(32,9)33(59)18-54(25,53)8)12-15-34(51(26,3)4)76-48-44(68)41(65)38(62)29(20-57)73-48)10-14-35(52(5,6)70)77-50-46(78-49-45(69)42(66)39(63)30(21-58)74-49)43(67)40(64)31(75-50)22-71-47-37(61)24(2)36(60)28(19-56)72-47/h11,23-25,27-50,56-70H,10,12-22H2,1-9H3/t23-,24+,25?,27?,28-,29-,30+,31-,32?,33-,34+,35-,36+,37-,38-,39+,40-,41+,42-,43+,44-,45+,46-,47-,48+,49-,50+,53+,54-,55+/m1/s1. The summed E-state index contributed by atoms with van der Waals surface area (Å²) in [5, 5.41) is 163. The van der Waals surface area contributed by atoms with Crippen LogP contribution in [0.3, 0.4) is 0 Å². The highest BCUT2D eigenvalue weighted by molar-refractivity contribution is 5.32. The largest absolute Gasteiger partial charge is 0.394 e. The molecule has 15 N–H and O–H groups in total. The van der Waals surface area contributed by atoms with Crippen molar-refractivity contribution in [3.8, 4) is 0 Å². The van der Waals surface area contributed by atoms with Crippen LogP contribution >= 0.6 is 0 Å². The molecule has 78 heavy (non-hydrogen) atoms. The molecule has 0 spiro atoms. The smallest absolute Gasteiger partial charge is 0.187 e. The van der Waals surface area contributed by atoms with Crippen LogP contribution in [0.2, 0.25) is 0 Å². The van der Waals surface area contributed by atoms with Gasteiger partial charge in [-0.05, 0) is 99.7 Å². The van der Waals surface area contributed by atoms with Crippen molar-refractivity contribution >= 4 is 0 Å². The van der Waals surface area contributed by atoms with Gasteiger partial charge >= 0.3 is 0 Å². The zero-order valence-corrected chi connectivity index (χ0v) is 46.6. The molecule has 8 rings (SSSR count). The molecule has 4 saturated heterocycles. The molecule has 3 unspecified atom stereocenters. The minimum Gasteiger partial charge on any atom is -0.394 e. The first kappa shape index (κ1) is 62.9. The second-order valence-corrected chi connectivity index (χ2v) is 26.2. The lowest BCUT2D eigenvalue weighted by Crippen LogP contribution is -2.65. The fraction of sp³-hybridized carbons (Fsp3) is 0.964. The van der Waals surface area contributed by atoms with E-state index >= 15 is 0 Å². The van der Waals surface area contributed by atoms with Gasteiger partial charge in [0.05, 0.1) is 56.4 Å². The summed E-state index contributed by atoms with van der Waals surface area (Å²) in [5.41, 5.74) is -1.98. The van der Waals surface area contributed by atoms with Crippen molar-refractivity contribution in [2.75, 3.05) is 26.4 Å². The van der Waals surface area contributed by atoms with Gasteiger partial charge in [0.25, 0.3) is 0 Å². The lowest BCUT2D eigenvalue weighted by Gasteiger charge is -2.67. The highest BCUT2D eigenvalue weighted by Gasteiger charge is 2.70. The molecule has 3 saturated carbocycles. The maximum atomic E-state index is 12.7. The lowest BCUT2D eigenvalue weighted by atomic mass is 9.38. The molecule has 8 aliphatic rings. The molecule has 4 aliphatic heterocycles. The zero-order chi connectivity index (χ0) is 57.5. The highest BCUT2D eigenvalue weighted by Crippen LogP contribution is 2.75. The Bertz CT molecular complexity index is 2020. The summed E-state index contributed by atoms with van der Waals surface area (Å²) in [4.78, 5) is 0. The number of ether oxygens (including phenoxy) is 8. The Labute approximate surface area is 457 Å². The summed E-state index contributed by atoms with van der Waals surface area (Å²) in [5.74, 6) is -0.502. The molecule has 0 aromatic rings. The summed E-state index contributed by atoms with van der Waals surface area (Å²) >= 11 is 0. The Kier molecular flexibility index (Phi) is 19.1. The second kappa shape index (κ2) is 23.7. The zero-order valence-electron chi connectivity index (χ0n) is 46.6. The second-order valence-electron chi connectivity index (χ2n) is 26.2. The van der Waals surface area contributed by atoms with Crippen LogP contribution in [-0.4, -0.2) is 244 Å². The van der Waals surface area contributed by atoms with E-state index in [1.807, 2.05) is 0 Å². The number of fused-ring (bicyclic) bond motifs is 5. The van der Waals surface area contributed by atoms with Crippen LogP contribution in [0.5, 0.6) is 0 Å². The maximum Gasteiger partial charge on any atom is 0.187 e. The molecule has 7 fully saturated rings. The van der Waals surface area contributed by atoms with Crippen molar-refractivity contribution in [2.24, 2.45) is 51.2 Å². The van der Waals surface area contributed by atoms with E-state index in [2.05, 4.69) is 47.6 Å². The Morgan fingerprint density at radius 2 is 1.15 bits per heavy atom. The maximum absolute atomic E-state index is 12.7. The predicted octanol–water partition coefficient (Wildman–Crippen LogP) is -1.96. The quantitative estimate of drug-likeness (QED) is 0.0704. The monoisotopic (exact) mass is 1120 g/mol. The van der Waals surface area contributed by atoms with Crippen molar-refractivity contribution in [1.82, 2.24) is 0 Å². The normalized spacial score (nSPS) is 51.4. The van der Waals surface area contributed by atoms with Gasteiger partial charge in [-0.25, -0.2) is 0 Å². The molecule has 30 atom stereocenters. The van der Waals surface area contributed by atoms with E-state index in [4.69, 9.17) is 37.9 Å². The Balaban J connectivity index is 0.987. The van der Waals surface area contributed by atoms with E-state index in [9.17, 15) is 76.6 Å². The predicted molar refractivity (Wildman–Crippen MR) is 271 cm³/mol. The lowest BCUT2D eigenvalue weighted by molar-refractivity contribution is -0.380. The van der Waals surface area contributed by atoms with Crippen molar-refractivity contribution in [2.45, 2.75) is 254 Å². The van der Waals surface area contributed by atoms with Gasteiger partial charge < -0.3 is 114 Å². The molecule has 23 nitrogen and oxygen atoms in total. The fourth-order valence-corrected chi connectivity index (χ4v) is 15.8. The van der Waals surface area contributed by atoms with Gasteiger partial charge in [-0.3, -0.25) is 0 Å². The topological polar surface area (TPSA) is 377 Å². The third-order valence-electron chi connectivity index (χ3n) is 21.2. The van der Waals surface area contributed by atoms with Crippen LogP contribution in [0, 0.1) is 51.2 Å². The summed E-state index contributed by atoms with van der Waals surface area (Å²) in [6, 6.07) is 0. The first-order chi connectivity index (χ1) is 36.4. The summed E-state index contributed by atoms with van der Waals surface area (Å²) in [6.07, 6.45) is -23.9. The molecular weight excluding hydrogens is 1030 g/mol. The van der Waals surface area contributed by atoms with Gasteiger partial charge in [0.1, 0.15) is 85.5 Å². The SMILES string of the molecule is C[C@@H]1[C@@H](O)[C@H](OC[C@H]2O[C@@H](O[C@H](CC[C@@H](C)C3CC[C@@]4(C)C5CC=C6C(CC[C@H](O[C@@H]7O[C@H](CO)[C@@H](O)[C@H](O)[C@H]7O)C6(C)C)[C@]5(C)[C@H](O)C[C@]34C)C(C)(C)O)[C@H](O[C@H]3O[C@@H](CO)[C@H](O)[C@@H](O)[C@@H]3O)[C@@H](O)[C@@H]2O)O[C@H](CO)[C@H]1O. The van der Waals surface area contributed by atoms with E-state index in [0.29, 0.717) is 25.7 Å². The number of aliphatic hydroxyl groups excluding tert-OH is 14. The first-order valence-corrected chi connectivity index (χ1v) is 28.4. The van der Waals surface area contributed by atoms with Gasteiger partial charge in [-0.1, -0.05) is 60.1 Å². The molecule has 0 bridgehead atoms. The molecular formula is C55H94O23. The van der Waals surface area contributed by atoms with E-state index < -0.39 is 184 Å². The average molecular weight is 1120 g/mol.